The Labute approximate surface area is 207 Å². The predicted molar refractivity (Wildman–Crippen MR) is 138 cm³/mol. The van der Waals surface area contributed by atoms with E-state index in [1.165, 1.54) is 4.68 Å². The average molecular weight is 469 g/mol. The van der Waals surface area contributed by atoms with Crippen LogP contribution in [-0.4, -0.2) is 9.78 Å². The summed E-state index contributed by atoms with van der Waals surface area (Å²) in [5.74, 6) is 1.37. The van der Waals surface area contributed by atoms with Crippen LogP contribution in [0.2, 0.25) is 0 Å². The van der Waals surface area contributed by atoms with Crippen molar-refractivity contribution in [3.8, 4) is 40.6 Å². The second-order valence-electron chi connectivity index (χ2n) is 8.45. The molecule has 0 unspecified atom stereocenters. The molecule has 0 fully saturated rings. The lowest BCUT2D eigenvalue weighted by Crippen LogP contribution is -2.22. The van der Waals surface area contributed by atoms with E-state index in [9.17, 15) is 4.79 Å². The number of hydrogen-bond acceptors (Lipinski definition) is 5. The number of fused-ring (bicyclic) bond motifs is 1. The normalized spacial score (nSPS) is 10.6. The van der Waals surface area contributed by atoms with Gasteiger partial charge in [-0.15, -0.1) is 0 Å². The Morgan fingerprint density at radius 3 is 1.92 bits per heavy atom. The molecule has 0 aliphatic heterocycles. The summed E-state index contributed by atoms with van der Waals surface area (Å²) in [6.07, 6.45) is 0. The molecular weight excluding hydrogens is 448 g/mol. The van der Waals surface area contributed by atoms with E-state index in [-0.39, 0.29) is 5.56 Å². The first-order chi connectivity index (χ1) is 17.5. The van der Waals surface area contributed by atoms with Crippen molar-refractivity contribution in [1.82, 2.24) is 9.78 Å². The van der Waals surface area contributed by atoms with Gasteiger partial charge in [0.25, 0.3) is 5.56 Å². The molecule has 5 aromatic rings. The Morgan fingerprint density at radius 1 is 0.778 bits per heavy atom. The Bertz CT molecular complexity index is 1730. The first kappa shape index (κ1) is 22.6. The number of ether oxygens (including phenoxy) is 1. The Kier molecular flexibility index (Phi) is 5.78. The lowest BCUT2D eigenvalue weighted by atomic mass is 10.00. The van der Waals surface area contributed by atoms with Gasteiger partial charge in [-0.05, 0) is 91.7 Å². The molecule has 0 radical (unpaired) electrons. The third-order valence-corrected chi connectivity index (χ3v) is 5.98. The van der Waals surface area contributed by atoms with Gasteiger partial charge in [-0.2, -0.15) is 20.3 Å². The Hall–Kier alpha value is -5.20. The number of aryl methyl sites for hydroxylation is 2. The van der Waals surface area contributed by atoms with Gasteiger partial charge in [0, 0.05) is 10.9 Å². The molecule has 6 heteroatoms. The van der Waals surface area contributed by atoms with Crippen molar-refractivity contribution in [2.75, 3.05) is 0 Å². The summed E-state index contributed by atoms with van der Waals surface area (Å²) in [6, 6.07) is 29.4. The van der Waals surface area contributed by atoms with Gasteiger partial charge in [0.1, 0.15) is 11.5 Å². The second kappa shape index (κ2) is 9.21. The molecule has 6 nitrogen and oxygen atoms in total. The number of rotatable bonds is 4. The average Bonchev–Trinajstić information content (AvgIpc) is 2.91. The molecule has 1 aromatic heterocycles. The van der Waals surface area contributed by atoms with E-state index < -0.39 is 0 Å². The number of nitriles is 2. The van der Waals surface area contributed by atoms with Crippen molar-refractivity contribution < 1.29 is 4.74 Å². The van der Waals surface area contributed by atoms with Crippen LogP contribution in [0.15, 0.2) is 89.7 Å². The van der Waals surface area contributed by atoms with Gasteiger partial charge < -0.3 is 4.74 Å². The monoisotopic (exact) mass is 468 g/mol. The summed E-state index contributed by atoms with van der Waals surface area (Å²) in [7, 11) is 0. The van der Waals surface area contributed by atoms with Crippen molar-refractivity contribution in [3.05, 3.63) is 118 Å². The zero-order chi connectivity index (χ0) is 25.2. The van der Waals surface area contributed by atoms with Crippen molar-refractivity contribution in [2.45, 2.75) is 13.8 Å². The predicted octanol–water partition coefficient (Wildman–Crippen LogP) is 6.21. The minimum Gasteiger partial charge on any atom is -0.457 e. The van der Waals surface area contributed by atoms with Crippen LogP contribution >= 0.6 is 0 Å². The molecule has 0 aliphatic rings. The molecule has 0 aliphatic carbocycles. The molecule has 0 amide bonds. The maximum absolute atomic E-state index is 13.3. The van der Waals surface area contributed by atoms with Gasteiger partial charge in [0.05, 0.1) is 40.0 Å². The Morgan fingerprint density at radius 2 is 1.33 bits per heavy atom. The molecule has 0 atom stereocenters. The fraction of sp³-hybridized carbons (Fsp3) is 0.0667. The van der Waals surface area contributed by atoms with Gasteiger partial charge in [0.15, 0.2) is 0 Å². The maximum Gasteiger partial charge on any atom is 0.279 e. The molecular formula is C30H20N4O2. The zero-order valence-electron chi connectivity index (χ0n) is 19.7. The summed E-state index contributed by atoms with van der Waals surface area (Å²) in [6.45, 7) is 3.93. The lowest BCUT2D eigenvalue weighted by molar-refractivity contribution is 0.475. The smallest absolute Gasteiger partial charge is 0.279 e. The molecule has 0 N–H and O–H groups in total. The summed E-state index contributed by atoms with van der Waals surface area (Å²) >= 11 is 0. The number of hydrogen-bond donors (Lipinski definition) is 0. The molecule has 172 valence electrons. The van der Waals surface area contributed by atoms with E-state index in [0.29, 0.717) is 33.6 Å². The van der Waals surface area contributed by atoms with Crippen LogP contribution in [0.1, 0.15) is 22.3 Å². The first-order valence-electron chi connectivity index (χ1n) is 11.3. The van der Waals surface area contributed by atoms with Crippen LogP contribution < -0.4 is 10.3 Å². The maximum atomic E-state index is 13.3. The minimum absolute atomic E-state index is 0.228. The van der Waals surface area contributed by atoms with Crippen molar-refractivity contribution in [1.29, 1.82) is 10.5 Å². The Balaban J connectivity index is 1.64. The van der Waals surface area contributed by atoms with Gasteiger partial charge >= 0.3 is 0 Å². The number of nitrogens with zero attached hydrogens (tertiary/aromatic N) is 4. The van der Waals surface area contributed by atoms with Crippen LogP contribution in [0, 0.1) is 36.5 Å². The van der Waals surface area contributed by atoms with Gasteiger partial charge in [-0.25, -0.2) is 0 Å². The molecule has 0 bridgehead atoms. The standard InChI is InChI=1S/C30H20N4O2/c1-19-15-23(16-20(2)29(19)36-25-13-9-22(18-32)10-14-25)28-26-5-3-4-6-27(26)30(35)34(33-28)24-11-7-21(17-31)8-12-24/h3-16H,1-2H3. The molecule has 0 spiro atoms. The first-order valence-corrected chi connectivity index (χ1v) is 11.3. The molecule has 4 aromatic carbocycles. The van der Waals surface area contributed by atoms with E-state index >= 15 is 0 Å². The van der Waals surface area contributed by atoms with Gasteiger partial charge in [-0.1, -0.05) is 18.2 Å². The SMILES string of the molecule is Cc1cc(-c2nn(-c3ccc(C#N)cc3)c(=O)c3ccccc23)cc(C)c1Oc1ccc(C#N)cc1. The van der Waals surface area contributed by atoms with E-state index in [0.717, 1.165) is 27.8 Å². The molecule has 36 heavy (non-hydrogen) atoms. The summed E-state index contributed by atoms with van der Waals surface area (Å²) in [5.41, 5.74) is 4.79. The van der Waals surface area contributed by atoms with Crippen LogP contribution in [0.4, 0.5) is 0 Å². The zero-order valence-corrected chi connectivity index (χ0v) is 19.7. The summed E-state index contributed by atoms with van der Waals surface area (Å²) in [5, 5.41) is 24.2. The third kappa shape index (κ3) is 4.09. The quantitative estimate of drug-likeness (QED) is 0.313. The van der Waals surface area contributed by atoms with Crippen LogP contribution in [0.5, 0.6) is 11.5 Å². The highest BCUT2D eigenvalue weighted by molar-refractivity contribution is 5.94. The van der Waals surface area contributed by atoms with Crippen molar-refractivity contribution in [2.24, 2.45) is 0 Å². The highest BCUT2D eigenvalue weighted by Gasteiger charge is 2.16. The molecule has 1 heterocycles. The summed E-state index contributed by atoms with van der Waals surface area (Å²) in [4.78, 5) is 13.3. The number of aromatic nitrogens is 2. The highest BCUT2D eigenvalue weighted by Crippen LogP contribution is 2.34. The molecule has 0 saturated carbocycles. The third-order valence-electron chi connectivity index (χ3n) is 5.98. The van der Waals surface area contributed by atoms with Crippen LogP contribution in [-0.2, 0) is 0 Å². The molecule has 0 saturated heterocycles. The van der Waals surface area contributed by atoms with Crippen LogP contribution in [0.3, 0.4) is 0 Å². The highest BCUT2D eigenvalue weighted by atomic mass is 16.5. The topological polar surface area (TPSA) is 91.7 Å². The summed E-state index contributed by atoms with van der Waals surface area (Å²) < 4.78 is 7.52. The van der Waals surface area contributed by atoms with E-state index in [4.69, 9.17) is 20.4 Å². The van der Waals surface area contributed by atoms with E-state index in [1.54, 1.807) is 54.6 Å². The van der Waals surface area contributed by atoms with Gasteiger partial charge in [0.2, 0.25) is 0 Å². The van der Waals surface area contributed by atoms with E-state index in [1.807, 2.05) is 44.2 Å². The molecule has 5 rings (SSSR count). The number of benzene rings is 4. The van der Waals surface area contributed by atoms with Crippen LogP contribution in [0.25, 0.3) is 27.7 Å². The minimum atomic E-state index is -0.228. The van der Waals surface area contributed by atoms with Gasteiger partial charge in [-0.3, -0.25) is 4.79 Å². The fourth-order valence-corrected chi connectivity index (χ4v) is 4.22. The van der Waals surface area contributed by atoms with E-state index in [2.05, 4.69) is 12.1 Å². The lowest BCUT2D eigenvalue weighted by Gasteiger charge is -2.16. The largest absolute Gasteiger partial charge is 0.457 e. The van der Waals surface area contributed by atoms with Crippen molar-refractivity contribution >= 4 is 10.8 Å². The second-order valence-corrected chi connectivity index (χ2v) is 8.45. The fourth-order valence-electron chi connectivity index (χ4n) is 4.22. The van der Waals surface area contributed by atoms with Crippen molar-refractivity contribution in [3.63, 3.8) is 0 Å².